The van der Waals surface area contributed by atoms with E-state index in [0.29, 0.717) is 12.2 Å². The average Bonchev–Trinajstić information content (AvgIpc) is 2.97. The number of para-hydroxylation sites is 1. The van der Waals surface area contributed by atoms with Gasteiger partial charge in [0.2, 0.25) is 0 Å². The molecular formula is C17H22N4O. The third-order valence-electron chi connectivity index (χ3n) is 4.27. The molecule has 0 aliphatic carbocycles. The van der Waals surface area contributed by atoms with Gasteiger partial charge in [0.15, 0.2) is 5.69 Å². The van der Waals surface area contributed by atoms with Crippen LogP contribution >= 0.6 is 0 Å². The Kier molecular flexibility index (Phi) is 4.24. The summed E-state index contributed by atoms with van der Waals surface area (Å²) in [6.07, 6.45) is 3.17. The molecule has 0 saturated carbocycles. The van der Waals surface area contributed by atoms with Gasteiger partial charge < -0.3 is 10.6 Å². The predicted octanol–water partition coefficient (Wildman–Crippen LogP) is 2.13. The Morgan fingerprint density at radius 2 is 2.09 bits per heavy atom. The van der Waals surface area contributed by atoms with Gasteiger partial charge in [0, 0.05) is 24.8 Å². The van der Waals surface area contributed by atoms with E-state index in [9.17, 15) is 4.79 Å². The quantitative estimate of drug-likeness (QED) is 0.944. The van der Waals surface area contributed by atoms with Gasteiger partial charge in [-0.05, 0) is 44.4 Å². The second kappa shape index (κ2) is 6.32. The van der Waals surface area contributed by atoms with Crippen molar-refractivity contribution in [3.05, 3.63) is 47.8 Å². The second-order valence-corrected chi connectivity index (χ2v) is 5.80. The Morgan fingerprint density at radius 3 is 2.82 bits per heavy atom. The third-order valence-corrected chi connectivity index (χ3v) is 4.27. The molecule has 1 aliphatic heterocycles. The van der Waals surface area contributed by atoms with E-state index in [-0.39, 0.29) is 11.9 Å². The minimum atomic E-state index is -0.00655. The second-order valence-electron chi connectivity index (χ2n) is 5.80. The fourth-order valence-corrected chi connectivity index (χ4v) is 3.07. The molecule has 1 amide bonds. The first kappa shape index (κ1) is 14.8. The molecule has 5 heteroatoms. The number of piperidine rings is 1. The summed E-state index contributed by atoms with van der Waals surface area (Å²) in [6.45, 7) is 3.26. The molecule has 1 aromatic carbocycles. The summed E-state index contributed by atoms with van der Waals surface area (Å²) in [5, 5.41) is 4.51. The van der Waals surface area contributed by atoms with Crippen LogP contribution in [0.2, 0.25) is 0 Å². The van der Waals surface area contributed by atoms with Gasteiger partial charge in [-0.1, -0.05) is 18.2 Å². The normalized spacial score (nSPS) is 18.5. The summed E-state index contributed by atoms with van der Waals surface area (Å²) in [4.78, 5) is 14.6. The van der Waals surface area contributed by atoms with Crippen molar-refractivity contribution in [3.8, 4) is 5.69 Å². The SMILES string of the molecule is Cc1cc(C(=O)N2CCCCC2CN)nn1-c1ccccc1. The van der Waals surface area contributed by atoms with Crippen LogP contribution in [-0.4, -0.2) is 39.7 Å². The van der Waals surface area contributed by atoms with Crippen LogP contribution < -0.4 is 5.73 Å². The first-order valence-corrected chi connectivity index (χ1v) is 7.84. The third kappa shape index (κ3) is 2.76. The number of likely N-dealkylation sites (tertiary alicyclic amines) is 1. The largest absolute Gasteiger partial charge is 0.333 e. The first-order chi connectivity index (χ1) is 10.7. The van der Waals surface area contributed by atoms with E-state index >= 15 is 0 Å². The molecular weight excluding hydrogens is 276 g/mol. The molecule has 22 heavy (non-hydrogen) atoms. The maximum atomic E-state index is 12.8. The van der Waals surface area contributed by atoms with Gasteiger partial charge in [-0.2, -0.15) is 5.10 Å². The van der Waals surface area contributed by atoms with Gasteiger partial charge in [0.1, 0.15) is 0 Å². The Morgan fingerprint density at radius 1 is 1.32 bits per heavy atom. The lowest BCUT2D eigenvalue weighted by Gasteiger charge is -2.34. The van der Waals surface area contributed by atoms with Crippen molar-refractivity contribution in [2.45, 2.75) is 32.2 Å². The molecule has 0 radical (unpaired) electrons. The molecule has 1 aliphatic rings. The van der Waals surface area contributed by atoms with Crippen molar-refractivity contribution >= 4 is 5.91 Å². The van der Waals surface area contributed by atoms with E-state index < -0.39 is 0 Å². The molecule has 5 nitrogen and oxygen atoms in total. The molecule has 2 aromatic rings. The molecule has 1 fully saturated rings. The number of hydrogen-bond donors (Lipinski definition) is 1. The van der Waals surface area contributed by atoms with Crippen molar-refractivity contribution in [3.63, 3.8) is 0 Å². The van der Waals surface area contributed by atoms with E-state index in [1.807, 2.05) is 52.9 Å². The average molecular weight is 298 g/mol. The Labute approximate surface area is 130 Å². The van der Waals surface area contributed by atoms with Crippen molar-refractivity contribution in [1.82, 2.24) is 14.7 Å². The number of hydrogen-bond acceptors (Lipinski definition) is 3. The number of carbonyl (C=O) groups is 1. The van der Waals surface area contributed by atoms with Crippen LogP contribution in [0.5, 0.6) is 0 Å². The van der Waals surface area contributed by atoms with Crippen molar-refractivity contribution in [1.29, 1.82) is 0 Å². The molecule has 1 atom stereocenters. The maximum absolute atomic E-state index is 12.8. The van der Waals surface area contributed by atoms with Crippen LogP contribution in [0.4, 0.5) is 0 Å². The van der Waals surface area contributed by atoms with Crippen molar-refractivity contribution in [2.24, 2.45) is 5.73 Å². The lowest BCUT2D eigenvalue weighted by Crippen LogP contribution is -2.47. The number of aromatic nitrogens is 2. The highest BCUT2D eigenvalue weighted by atomic mass is 16.2. The molecule has 2 heterocycles. The van der Waals surface area contributed by atoms with Gasteiger partial charge in [-0.3, -0.25) is 4.79 Å². The summed E-state index contributed by atoms with van der Waals surface area (Å²) in [5.41, 5.74) is 8.24. The van der Waals surface area contributed by atoms with Crippen LogP contribution in [0.3, 0.4) is 0 Å². The minimum absolute atomic E-state index is 0.00655. The predicted molar refractivity (Wildman–Crippen MR) is 86.0 cm³/mol. The molecule has 2 N–H and O–H groups in total. The molecule has 1 saturated heterocycles. The zero-order chi connectivity index (χ0) is 15.5. The summed E-state index contributed by atoms with van der Waals surface area (Å²) in [5.74, 6) is -0.00655. The van der Waals surface area contributed by atoms with Crippen molar-refractivity contribution < 1.29 is 4.79 Å². The van der Waals surface area contributed by atoms with E-state index in [4.69, 9.17) is 5.73 Å². The van der Waals surface area contributed by atoms with E-state index in [2.05, 4.69) is 5.10 Å². The summed E-state index contributed by atoms with van der Waals surface area (Å²) in [6, 6.07) is 11.9. The zero-order valence-corrected chi connectivity index (χ0v) is 12.9. The highest BCUT2D eigenvalue weighted by molar-refractivity contribution is 5.92. The lowest BCUT2D eigenvalue weighted by atomic mass is 10.0. The van der Waals surface area contributed by atoms with Crippen LogP contribution in [-0.2, 0) is 0 Å². The number of rotatable bonds is 3. The van der Waals surface area contributed by atoms with Crippen LogP contribution in [0.25, 0.3) is 5.69 Å². The standard InChI is InChI=1S/C17H22N4O/c1-13-11-16(19-21(13)14-7-3-2-4-8-14)17(22)20-10-6-5-9-15(20)12-18/h2-4,7-8,11,15H,5-6,9-10,12,18H2,1H3. The number of aryl methyl sites for hydroxylation is 1. The van der Waals surface area contributed by atoms with E-state index in [1.165, 1.54) is 0 Å². The number of amides is 1. The Bertz CT molecular complexity index is 650. The Balaban J connectivity index is 1.88. The van der Waals surface area contributed by atoms with Gasteiger partial charge in [0.25, 0.3) is 5.91 Å². The fraction of sp³-hybridized carbons (Fsp3) is 0.412. The highest BCUT2D eigenvalue weighted by Crippen LogP contribution is 2.20. The maximum Gasteiger partial charge on any atom is 0.274 e. The fourth-order valence-electron chi connectivity index (χ4n) is 3.07. The lowest BCUT2D eigenvalue weighted by molar-refractivity contribution is 0.0617. The van der Waals surface area contributed by atoms with Gasteiger partial charge >= 0.3 is 0 Å². The number of nitrogens with zero attached hydrogens (tertiary/aromatic N) is 3. The monoisotopic (exact) mass is 298 g/mol. The van der Waals surface area contributed by atoms with Gasteiger partial charge in [-0.15, -0.1) is 0 Å². The molecule has 0 bridgehead atoms. The topological polar surface area (TPSA) is 64.2 Å². The van der Waals surface area contributed by atoms with E-state index in [1.54, 1.807) is 0 Å². The number of nitrogens with two attached hydrogens (primary N) is 1. The first-order valence-electron chi connectivity index (χ1n) is 7.84. The summed E-state index contributed by atoms with van der Waals surface area (Å²) < 4.78 is 1.81. The van der Waals surface area contributed by atoms with Crippen LogP contribution in [0, 0.1) is 6.92 Å². The smallest absolute Gasteiger partial charge is 0.274 e. The number of carbonyl (C=O) groups excluding carboxylic acids is 1. The minimum Gasteiger partial charge on any atom is -0.333 e. The highest BCUT2D eigenvalue weighted by Gasteiger charge is 2.28. The van der Waals surface area contributed by atoms with Crippen LogP contribution in [0.15, 0.2) is 36.4 Å². The molecule has 1 aromatic heterocycles. The molecule has 3 rings (SSSR count). The summed E-state index contributed by atoms with van der Waals surface area (Å²) in [7, 11) is 0. The van der Waals surface area contributed by atoms with Crippen LogP contribution in [0.1, 0.15) is 35.4 Å². The zero-order valence-electron chi connectivity index (χ0n) is 12.9. The van der Waals surface area contributed by atoms with Gasteiger partial charge in [-0.25, -0.2) is 4.68 Å². The van der Waals surface area contributed by atoms with E-state index in [0.717, 1.165) is 37.2 Å². The Hall–Kier alpha value is -2.14. The summed E-state index contributed by atoms with van der Waals surface area (Å²) >= 11 is 0. The molecule has 116 valence electrons. The van der Waals surface area contributed by atoms with Gasteiger partial charge in [0.05, 0.1) is 5.69 Å². The molecule has 0 spiro atoms. The van der Waals surface area contributed by atoms with Crippen molar-refractivity contribution in [2.75, 3.05) is 13.1 Å². The number of benzene rings is 1. The molecule has 1 unspecified atom stereocenters.